The van der Waals surface area contributed by atoms with E-state index in [-0.39, 0.29) is 6.42 Å². The maximum atomic E-state index is 11.6. The first-order chi connectivity index (χ1) is 15.3. The third-order valence-corrected chi connectivity index (χ3v) is 4.69. The molecule has 0 saturated carbocycles. The lowest BCUT2D eigenvalue weighted by Crippen LogP contribution is -2.24. The number of esters is 1. The van der Waals surface area contributed by atoms with Crippen molar-refractivity contribution in [2.24, 2.45) is 0 Å². The van der Waals surface area contributed by atoms with E-state index in [1.165, 1.54) is 0 Å². The third kappa shape index (κ3) is 20.3. The minimum absolute atomic E-state index is 0.141. The minimum atomic E-state index is -4.50. The number of hydrogen-bond donors (Lipinski definition) is 4. The van der Waals surface area contributed by atoms with Gasteiger partial charge in [-0.3, -0.25) is 13.8 Å². The second-order valence-corrected chi connectivity index (χ2v) is 8.23. The number of phosphoric ester groups is 1. The van der Waals surface area contributed by atoms with Crippen LogP contribution in [0.25, 0.3) is 0 Å². The van der Waals surface area contributed by atoms with Crippen LogP contribution < -0.4 is 0 Å². The van der Waals surface area contributed by atoms with E-state index < -0.39 is 52.4 Å². The standard InChI is InChI=1S/C22H37O9P/c1-2-3-4-5-6-7-8-9-10-11-12-13-14-15-22(26)29-17-21(25)19-31-32(27,28)30-18-20(24)16-23/h3-4,6-7,9-10,12-13,20-21,23-25H,2,5,8,11,14-19H2,1H3,(H,27,28)/b4-3-,7-6-,10-9-,13-12-. The second kappa shape index (κ2) is 20.1. The van der Waals surface area contributed by atoms with E-state index in [2.05, 4.69) is 46.4 Å². The van der Waals surface area contributed by atoms with Gasteiger partial charge in [-0.1, -0.05) is 55.5 Å². The Kier molecular flexibility index (Phi) is 19.1. The summed E-state index contributed by atoms with van der Waals surface area (Å²) in [5.74, 6) is -0.513. The number of carbonyl (C=O) groups excluding carboxylic acids is 1. The molecular weight excluding hydrogens is 439 g/mol. The van der Waals surface area contributed by atoms with E-state index in [1.54, 1.807) is 0 Å². The molecule has 0 saturated heterocycles. The van der Waals surface area contributed by atoms with Crippen LogP contribution in [0.1, 0.15) is 45.4 Å². The Morgan fingerprint density at radius 3 is 1.88 bits per heavy atom. The fraction of sp³-hybridized carbons (Fsp3) is 0.591. The summed E-state index contributed by atoms with van der Waals surface area (Å²) in [7, 11) is -4.50. The summed E-state index contributed by atoms with van der Waals surface area (Å²) in [5, 5.41) is 27.3. The van der Waals surface area contributed by atoms with E-state index in [0.717, 1.165) is 25.7 Å². The largest absolute Gasteiger partial charge is 0.472 e. The highest BCUT2D eigenvalue weighted by molar-refractivity contribution is 7.47. The highest BCUT2D eigenvalue weighted by Gasteiger charge is 2.24. The fourth-order valence-electron chi connectivity index (χ4n) is 2.06. The lowest BCUT2D eigenvalue weighted by atomic mass is 10.2. The average molecular weight is 477 g/mol. The van der Waals surface area contributed by atoms with Crippen LogP contribution in [-0.4, -0.2) is 64.8 Å². The van der Waals surface area contributed by atoms with Crippen LogP contribution in [0.15, 0.2) is 48.6 Å². The quantitative estimate of drug-likeness (QED) is 0.126. The molecule has 0 rings (SSSR count). The van der Waals surface area contributed by atoms with E-state index in [0.29, 0.717) is 6.42 Å². The van der Waals surface area contributed by atoms with Gasteiger partial charge in [0.1, 0.15) is 18.8 Å². The van der Waals surface area contributed by atoms with Crippen LogP contribution in [0.3, 0.4) is 0 Å². The van der Waals surface area contributed by atoms with Crippen molar-refractivity contribution in [3.63, 3.8) is 0 Å². The van der Waals surface area contributed by atoms with Crippen molar-refractivity contribution in [2.75, 3.05) is 26.4 Å². The highest BCUT2D eigenvalue weighted by Crippen LogP contribution is 2.43. The summed E-state index contributed by atoms with van der Waals surface area (Å²) in [5.41, 5.74) is 0. The van der Waals surface area contributed by atoms with E-state index in [9.17, 15) is 19.4 Å². The van der Waals surface area contributed by atoms with Crippen LogP contribution in [0.5, 0.6) is 0 Å². The van der Waals surface area contributed by atoms with Crippen LogP contribution in [0.2, 0.25) is 0 Å². The lowest BCUT2D eigenvalue weighted by molar-refractivity contribution is -0.147. The first kappa shape index (κ1) is 30.4. The molecule has 0 aliphatic heterocycles. The van der Waals surface area contributed by atoms with Crippen LogP contribution in [-0.2, 0) is 23.1 Å². The summed E-state index contributed by atoms with van der Waals surface area (Å²) in [6.45, 7) is -0.139. The first-order valence-corrected chi connectivity index (χ1v) is 12.1. The molecule has 0 amide bonds. The number of hydrogen-bond acceptors (Lipinski definition) is 8. The molecule has 0 aliphatic carbocycles. The molecule has 0 radical (unpaired) electrons. The van der Waals surface area contributed by atoms with Crippen molar-refractivity contribution in [3.05, 3.63) is 48.6 Å². The van der Waals surface area contributed by atoms with Crippen molar-refractivity contribution in [1.29, 1.82) is 0 Å². The van der Waals surface area contributed by atoms with Gasteiger partial charge in [-0.25, -0.2) is 4.57 Å². The van der Waals surface area contributed by atoms with Crippen LogP contribution in [0, 0.1) is 0 Å². The van der Waals surface area contributed by atoms with Crippen molar-refractivity contribution in [3.8, 4) is 0 Å². The number of phosphoric acid groups is 1. The van der Waals surface area contributed by atoms with Crippen LogP contribution in [0.4, 0.5) is 0 Å². The van der Waals surface area contributed by atoms with Gasteiger partial charge in [-0.05, 0) is 32.1 Å². The van der Waals surface area contributed by atoms with E-state index in [1.807, 2.05) is 18.2 Å². The SMILES string of the molecule is CC/C=C\C/C=C\C/C=C\C/C=C\CCC(=O)OCC(O)COP(=O)(O)OCC(O)CO. The molecule has 0 aromatic heterocycles. The Labute approximate surface area is 190 Å². The van der Waals surface area contributed by atoms with Gasteiger partial charge in [-0.2, -0.15) is 0 Å². The van der Waals surface area contributed by atoms with Gasteiger partial charge in [0.15, 0.2) is 0 Å². The molecule has 0 bridgehead atoms. The number of aliphatic hydroxyl groups excluding tert-OH is 3. The molecule has 0 spiro atoms. The summed E-state index contributed by atoms with van der Waals surface area (Å²) < 4.78 is 25.3. The second-order valence-electron chi connectivity index (χ2n) is 6.77. The van der Waals surface area contributed by atoms with Gasteiger partial charge in [-0.15, -0.1) is 0 Å². The fourth-order valence-corrected chi connectivity index (χ4v) is 2.85. The predicted molar refractivity (Wildman–Crippen MR) is 122 cm³/mol. The molecule has 9 nitrogen and oxygen atoms in total. The number of rotatable bonds is 19. The Morgan fingerprint density at radius 2 is 1.34 bits per heavy atom. The molecule has 0 aromatic carbocycles. The molecule has 0 heterocycles. The molecule has 0 aromatic rings. The Morgan fingerprint density at radius 1 is 0.844 bits per heavy atom. The molecule has 4 N–H and O–H groups in total. The van der Waals surface area contributed by atoms with Crippen LogP contribution >= 0.6 is 7.82 Å². The Bertz CT molecular complexity index is 643. The topological polar surface area (TPSA) is 143 Å². The third-order valence-electron chi connectivity index (χ3n) is 3.74. The number of ether oxygens (including phenoxy) is 1. The molecule has 0 aliphatic rings. The molecule has 3 unspecified atom stereocenters. The zero-order chi connectivity index (χ0) is 24.1. The van der Waals surface area contributed by atoms with Gasteiger partial charge >= 0.3 is 13.8 Å². The molecule has 3 atom stereocenters. The highest BCUT2D eigenvalue weighted by atomic mass is 31.2. The summed E-state index contributed by atoms with van der Waals surface area (Å²) in [6, 6.07) is 0. The van der Waals surface area contributed by atoms with Gasteiger partial charge in [0.25, 0.3) is 0 Å². The van der Waals surface area contributed by atoms with Gasteiger partial charge < -0.3 is 24.9 Å². The molecular formula is C22H37O9P. The molecule has 10 heteroatoms. The van der Waals surface area contributed by atoms with Gasteiger partial charge in [0.05, 0.1) is 19.8 Å². The minimum Gasteiger partial charge on any atom is -0.463 e. The van der Waals surface area contributed by atoms with Gasteiger partial charge in [0.2, 0.25) is 0 Å². The zero-order valence-electron chi connectivity index (χ0n) is 18.6. The van der Waals surface area contributed by atoms with Crippen molar-refractivity contribution in [2.45, 2.75) is 57.7 Å². The lowest BCUT2D eigenvalue weighted by Gasteiger charge is -2.16. The molecule has 184 valence electrons. The smallest absolute Gasteiger partial charge is 0.463 e. The number of aliphatic hydroxyl groups is 3. The maximum Gasteiger partial charge on any atom is 0.472 e. The average Bonchev–Trinajstić information content (AvgIpc) is 2.77. The summed E-state index contributed by atoms with van der Waals surface area (Å²) in [4.78, 5) is 21.0. The monoisotopic (exact) mass is 476 g/mol. The van der Waals surface area contributed by atoms with Crippen molar-refractivity contribution < 1.29 is 43.4 Å². The number of allylic oxidation sites excluding steroid dienone is 8. The molecule has 0 fully saturated rings. The first-order valence-electron chi connectivity index (χ1n) is 10.6. The van der Waals surface area contributed by atoms with Crippen molar-refractivity contribution in [1.82, 2.24) is 0 Å². The zero-order valence-corrected chi connectivity index (χ0v) is 19.5. The normalized spacial score (nSPS) is 16.3. The summed E-state index contributed by atoms with van der Waals surface area (Å²) in [6.07, 6.45) is 18.1. The Hall–Kier alpha value is -1.58. The van der Waals surface area contributed by atoms with E-state index >= 15 is 0 Å². The summed E-state index contributed by atoms with van der Waals surface area (Å²) >= 11 is 0. The van der Waals surface area contributed by atoms with Crippen molar-refractivity contribution >= 4 is 13.8 Å². The Balaban J connectivity index is 3.82. The number of carbonyl (C=O) groups is 1. The molecule has 32 heavy (non-hydrogen) atoms. The van der Waals surface area contributed by atoms with Gasteiger partial charge in [0, 0.05) is 6.42 Å². The maximum absolute atomic E-state index is 11.6. The van der Waals surface area contributed by atoms with E-state index in [4.69, 9.17) is 14.9 Å². The predicted octanol–water partition coefficient (Wildman–Crippen LogP) is 2.96.